The van der Waals surface area contributed by atoms with Gasteiger partial charge in [-0.2, -0.15) is 0 Å². The minimum absolute atomic E-state index is 0.129. The van der Waals surface area contributed by atoms with Crippen LogP contribution in [0.2, 0.25) is 0 Å². The van der Waals surface area contributed by atoms with E-state index in [9.17, 15) is 15.0 Å². The Labute approximate surface area is 100 Å². The van der Waals surface area contributed by atoms with E-state index >= 15 is 0 Å². The van der Waals surface area contributed by atoms with E-state index in [-0.39, 0.29) is 11.9 Å². The van der Waals surface area contributed by atoms with Crippen LogP contribution in [0.5, 0.6) is 0 Å². The summed E-state index contributed by atoms with van der Waals surface area (Å²) in [5.74, 6) is -0.129. The maximum Gasteiger partial charge on any atom is 0.270 e. The monoisotopic (exact) mass is 238 g/mol. The maximum absolute atomic E-state index is 12.2. The highest BCUT2D eigenvalue weighted by Gasteiger charge is 2.38. The van der Waals surface area contributed by atoms with Gasteiger partial charge in [-0.1, -0.05) is 0 Å². The third kappa shape index (κ3) is 2.08. The van der Waals surface area contributed by atoms with Gasteiger partial charge in [-0.05, 0) is 25.0 Å². The van der Waals surface area contributed by atoms with E-state index < -0.39 is 12.2 Å². The molecule has 17 heavy (non-hydrogen) atoms. The van der Waals surface area contributed by atoms with E-state index in [4.69, 9.17) is 0 Å². The van der Waals surface area contributed by atoms with Gasteiger partial charge < -0.3 is 19.7 Å². The summed E-state index contributed by atoms with van der Waals surface area (Å²) in [6, 6.07) is 3.25. The van der Waals surface area contributed by atoms with E-state index in [0.29, 0.717) is 18.5 Å². The van der Waals surface area contributed by atoms with E-state index in [1.807, 2.05) is 0 Å². The van der Waals surface area contributed by atoms with Crippen LogP contribution >= 0.6 is 0 Å². The maximum atomic E-state index is 12.2. The van der Waals surface area contributed by atoms with Crippen LogP contribution in [0.25, 0.3) is 0 Å². The number of likely N-dealkylation sites (N-methyl/N-ethyl adjacent to an activating group) is 1. The molecule has 1 aromatic heterocycles. The second-order valence-electron chi connectivity index (χ2n) is 4.62. The van der Waals surface area contributed by atoms with Gasteiger partial charge in [-0.3, -0.25) is 4.79 Å². The van der Waals surface area contributed by atoms with Crippen LogP contribution in [0.1, 0.15) is 23.3 Å². The molecule has 0 aromatic carbocycles. The highest BCUT2D eigenvalue weighted by molar-refractivity contribution is 5.92. The summed E-state index contributed by atoms with van der Waals surface area (Å²) in [5.41, 5.74) is 0.584. The topological polar surface area (TPSA) is 65.7 Å². The van der Waals surface area contributed by atoms with Crippen LogP contribution in [0, 0.1) is 0 Å². The fourth-order valence-corrected chi connectivity index (χ4v) is 2.38. The van der Waals surface area contributed by atoms with Crippen LogP contribution in [0.15, 0.2) is 18.3 Å². The quantitative estimate of drug-likeness (QED) is 0.761. The van der Waals surface area contributed by atoms with E-state index in [1.54, 1.807) is 37.0 Å². The van der Waals surface area contributed by atoms with Gasteiger partial charge in [-0.15, -0.1) is 0 Å². The van der Waals surface area contributed by atoms with Crippen LogP contribution < -0.4 is 0 Å². The minimum Gasteiger partial charge on any atom is -0.390 e. The van der Waals surface area contributed by atoms with Crippen molar-refractivity contribution in [3.05, 3.63) is 24.0 Å². The molecule has 0 spiro atoms. The van der Waals surface area contributed by atoms with Crippen molar-refractivity contribution < 1.29 is 15.0 Å². The number of amides is 1. The van der Waals surface area contributed by atoms with Crippen molar-refractivity contribution in [2.24, 2.45) is 7.05 Å². The average molecular weight is 238 g/mol. The van der Waals surface area contributed by atoms with Gasteiger partial charge in [0.2, 0.25) is 0 Å². The zero-order chi connectivity index (χ0) is 12.6. The Morgan fingerprint density at radius 1 is 1.47 bits per heavy atom. The fourth-order valence-electron chi connectivity index (χ4n) is 2.38. The first-order chi connectivity index (χ1) is 8.02. The molecule has 5 nitrogen and oxygen atoms in total. The molecule has 2 N–H and O–H groups in total. The molecule has 1 heterocycles. The summed E-state index contributed by atoms with van der Waals surface area (Å²) in [5, 5.41) is 19.3. The lowest BCUT2D eigenvalue weighted by atomic mass is 10.1. The number of aryl methyl sites for hydroxylation is 1. The van der Waals surface area contributed by atoms with Crippen molar-refractivity contribution >= 4 is 5.91 Å². The molecule has 5 heteroatoms. The Hall–Kier alpha value is -1.33. The number of aliphatic hydroxyl groups is 2. The van der Waals surface area contributed by atoms with Gasteiger partial charge >= 0.3 is 0 Å². The van der Waals surface area contributed by atoms with Crippen LogP contribution in [-0.4, -0.2) is 50.9 Å². The van der Waals surface area contributed by atoms with Crippen molar-refractivity contribution in [1.29, 1.82) is 0 Å². The smallest absolute Gasteiger partial charge is 0.270 e. The van der Waals surface area contributed by atoms with Crippen LogP contribution in [0.3, 0.4) is 0 Å². The lowest BCUT2D eigenvalue weighted by Gasteiger charge is -2.27. The van der Waals surface area contributed by atoms with Crippen molar-refractivity contribution in [3.8, 4) is 0 Å². The number of hydrogen-bond donors (Lipinski definition) is 2. The predicted molar refractivity (Wildman–Crippen MR) is 62.5 cm³/mol. The predicted octanol–water partition coefficient (Wildman–Crippen LogP) is -0.0187. The van der Waals surface area contributed by atoms with Crippen molar-refractivity contribution in [2.75, 3.05) is 7.05 Å². The van der Waals surface area contributed by atoms with E-state index in [0.717, 1.165) is 0 Å². The molecule has 1 amide bonds. The van der Waals surface area contributed by atoms with Crippen molar-refractivity contribution in [1.82, 2.24) is 9.47 Å². The molecule has 1 aliphatic rings. The number of carbonyl (C=O) groups excluding carboxylic acids is 1. The Balaban J connectivity index is 2.13. The Bertz CT molecular complexity index is 416. The largest absolute Gasteiger partial charge is 0.390 e. The number of hydrogen-bond acceptors (Lipinski definition) is 3. The van der Waals surface area contributed by atoms with E-state index in [1.165, 1.54) is 4.90 Å². The molecular formula is C12H18N2O3. The van der Waals surface area contributed by atoms with Gasteiger partial charge in [-0.25, -0.2) is 0 Å². The zero-order valence-corrected chi connectivity index (χ0v) is 10.1. The molecule has 0 aliphatic heterocycles. The highest BCUT2D eigenvalue weighted by Crippen LogP contribution is 2.25. The summed E-state index contributed by atoms with van der Waals surface area (Å²) in [6.45, 7) is 0. The molecular weight excluding hydrogens is 220 g/mol. The Kier molecular flexibility index (Phi) is 3.22. The molecule has 0 bridgehead atoms. The third-order valence-corrected chi connectivity index (χ3v) is 3.53. The van der Waals surface area contributed by atoms with Gasteiger partial charge in [0.1, 0.15) is 11.8 Å². The first kappa shape index (κ1) is 12.1. The number of rotatable bonds is 2. The minimum atomic E-state index is -0.843. The molecule has 0 radical (unpaired) electrons. The normalized spacial score (nSPS) is 28.4. The molecule has 2 rings (SSSR count). The summed E-state index contributed by atoms with van der Waals surface area (Å²) >= 11 is 0. The van der Waals surface area contributed by atoms with Crippen LogP contribution in [0.4, 0.5) is 0 Å². The SMILES string of the molecule is CN(C(=O)c1cccn1C)[C@@H]1CC[C@@H](O)[C@@H]1O. The highest BCUT2D eigenvalue weighted by atomic mass is 16.3. The lowest BCUT2D eigenvalue weighted by Crippen LogP contribution is -2.44. The third-order valence-electron chi connectivity index (χ3n) is 3.53. The van der Waals surface area contributed by atoms with Crippen molar-refractivity contribution in [3.63, 3.8) is 0 Å². The summed E-state index contributed by atoms with van der Waals surface area (Å²) in [4.78, 5) is 13.7. The summed E-state index contributed by atoms with van der Waals surface area (Å²) in [7, 11) is 3.47. The van der Waals surface area contributed by atoms with Gasteiger partial charge in [0.25, 0.3) is 5.91 Å². The second kappa shape index (κ2) is 4.50. The molecule has 0 saturated heterocycles. The van der Waals surface area contributed by atoms with E-state index in [2.05, 4.69) is 0 Å². The van der Waals surface area contributed by atoms with Gasteiger partial charge in [0.05, 0.1) is 12.1 Å². The summed E-state index contributed by atoms with van der Waals surface area (Å²) in [6.07, 6.45) is 1.42. The lowest BCUT2D eigenvalue weighted by molar-refractivity contribution is 0.00633. The second-order valence-corrected chi connectivity index (χ2v) is 4.62. The zero-order valence-electron chi connectivity index (χ0n) is 10.1. The first-order valence-electron chi connectivity index (χ1n) is 5.77. The Morgan fingerprint density at radius 3 is 2.65 bits per heavy atom. The Morgan fingerprint density at radius 2 is 2.18 bits per heavy atom. The summed E-state index contributed by atoms with van der Waals surface area (Å²) < 4.78 is 1.75. The standard InChI is InChI=1S/C12H18N2O3/c1-13-7-3-4-9(13)12(17)14(2)8-5-6-10(15)11(8)16/h3-4,7-8,10-11,15-16H,5-6H2,1-2H3/t8-,10-,11-/m1/s1. The number of nitrogens with zero attached hydrogens (tertiary/aromatic N) is 2. The number of carbonyl (C=O) groups is 1. The molecule has 1 saturated carbocycles. The average Bonchev–Trinajstić information content (AvgIpc) is 2.86. The molecule has 1 aliphatic carbocycles. The molecule has 0 unspecified atom stereocenters. The van der Waals surface area contributed by atoms with Gasteiger partial charge in [0.15, 0.2) is 0 Å². The fraction of sp³-hybridized carbons (Fsp3) is 0.583. The van der Waals surface area contributed by atoms with Gasteiger partial charge in [0, 0.05) is 20.3 Å². The molecule has 1 fully saturated rings. The van der Waals surface area contributed by atoms with Crippen LogP contribution in [-0.2, 0) is 7.05 Å². The number of aliphatic hydroxyl groups excluding tert-OH is 2. The number of aromatic nitrogens is 1. The van der Waals surface area contributed by atoms with Crippen molar-refractivity contribution in [2.45, 2.75) is 31.1 Å². The first-order valence-corrected chi connectivity index (χ1v) is 5.77. The molecule has 94 valence electrons. The molecule has 3 atom stereocenters. The molecule has 1 aromatic rings.